The first-order valence-electron chi connectivity index (χ1n) is 7.82. The summed E-state index contributed by atoms with van der Waals surface area (Å²) in [6, 6.07) is 0.675. The zero-order valence-electron chi connectivity index (χ0n) is 15.7. The molecule has 6 heteroatoms. The normalized spacial score (nSPS) is 17.4. The van der Waals surface area contributed by atoms with Crippen LogP contribution in [0.1, 0.15) is 48.5 Å². The third-order valence-electron chi connectivity index (χ3n) is 2.22. The predicted octanol–water partition coefficient (Wildman–Crippen LogP) is 2.04. The minimum atomic E-state index is -0.398. The summed E-state index contributed by atoms with van der Waals surface area (Å²) in [4.78, 5) is 20.1. The van der Waals surface area contributed by atoms with Gasteiger partial charge in [0.15, 0.2) is 0 Å². The van der Waals surface area contributed by atoms with E-state index >= 15 is 0 Å². The third kappa shape index (κ3) is 23.0. The molecule has 1 rings (SSSR count). The highest BCUT2D eigenvalue weighted by atomic mass is 16.6. The minimum Gasteiger partial charge on any atom is -0.462 e. The summed E-state index contributed by atoms with van der Waals surface area (Å²) in [6.45, 7) is 20.2. The van der Waals surface area contributed by atoms with Crippen LogP contribution in [0.2, 0.25) is 0 Å². The lowest BCUT2D eigenvalue weighted by atomic mass is 10.2. The minimum absolute atomic E-state index is 0.318. The first kappa shape index (κ1) is 23.9. The highest BCUT2D eigenvalue weighted by Gasteiger charge is 2.12. The van der Waals surface area contributed by atoms with E-state index in [4.69, 9.17) is 4.74 Å². The van der Waals surface area contributed by atoms with Crippen LogP contribution in [0.4, 0.5) is 0 Å². The molecule has 1 fully saturated rings. The van der Waals surface area contributed by atoms with Crippen LogP contribution in [0.25, 0.3) is 0 Å². The van der Waals surface area contributed by atoms with Crippen molar-refractivity contribution >= 4 is 12.4 Å². The van der Waals surface area contributed by atoms with Crippen LogP contribution in [-0.2, 0) is 19.1 Å². The Balaban J connectivity index is 0. The molecule has 0 aliphatic carbocycles. The number of ether oxygens (including phenoxy) is 2. The Kier molecular flexibility index (Phi) is 12.5. The van der Waals surface area contributed by atoms with Crippen LogP contribution >= 0.6 is 0 Å². The van der Waals surface area contributed by atoms with E-state index in [1.165, 1.54) is 0 Å². The number of carbonyl (C=O) groups excluding carboxylic acids is 2. The van der Waals surface area contributed by atoms with E-state index in [1.54, 1.807) is 0 Å². The first-order valence-corrected chi connectivity index (χ1v) is 7.82. The van der Waals surface area contributed by atoms with Crippen molar-refractivity contribution in [3.8, 4) is 0 Å². The maximum Gasteiger partial charge on any atom is 0.330 e. The van der Waals surface area contributed by atoms with E-state index in [1.807, 2.05) is 41.5 Å². The summed E-state index contributed by atoms with van der Waals surface area (Å²) >= 11 is 0. The van der Waals surface area contributed by atoms with Crippen molar-refractivity contribution in [2.24, 2.45) is 0 Å². The zero-order chi connectivity index (χ0) is 18.5. The van der Waals surface area contributed by atoms with Crippen molar-refractivity contribution in [1.82, 2.24) is 10.6 Å². The Hall–Kier alpha value is -1.40. The van der Waals surface area contributed by atoms with E-state index in [9.17, 15) is 9.59 Å². The molecular formula is C17H34N2O4. The SMILES string of the molecule is C=CC(=O)OC(C)(C)C.CC(C)(C)OC=O.CC1CNCCN1. The number of piperazine rings is 1. The summed E-state index contributed by atoms with van der Waals surface area (Å²) in [5, 5.41) is 6.59. The molecule has 0 saturated carbocycles. The molecule has 1 aliphatic rings. The lowest BCUT2D eigenvalue weighted by molar-refractivity contribution is -0.148. The molecule has 2 N–H and O–H groups in total. The van der Waals surface area contributed by atoms with Crippen molar-refractivity contribution in [2.75, 3.05) is 19.6 Å². The van der Waals surface area contributed by atoms with E-state index in [0.717, 1.165) is 25.7 Å². The molecule has 0 aromatic rings. The second-order valence-corrected chi connectivity index (χ2v) is 7.12. The predicted molar refractivity (Wildman–Crippen MR) is 93.3 cm³/mol. The third-order valence-corrected chi connectivity index (χ3v) is 2.22. The summed E-state index contributed by atoms with van der Waals surface area (Å²) in [5.41, 5.74) is -0.715. The van der Waals surface area contributed by atoms with Gasteiger partial charge in [0.25, 0.3) is 6.47 Å². The fraction of sp³-hybridized carbons (Fsp3) is 0.765. The Morgan fingerprint density at radius 3 is 1.83 bits per heavy atom. The standard InChI is InChI=1S/C7H12O2.C5H12N2.C5H10O2/c1-5-6(8)9-7(2,3)4;1-5-4-6-2-3-7-5;1-5(2,3)7-4-6/h5H,1H2,2-4H3;5-7H,2-4H2,1H3;4H,1-3H3. The number of esters is 1. The summed E-state index contributed by atoms with van der Waals surface area (Å²) in [6.07, 6.45) is 1.16. The fourth-order valence-corrected chi connectivity index (χ4v) is 1.29. The summed E-state index contributed by atoms with van der Waals surface area (Å²) in [7, 11) is 0. The van der Waals surface area contributed by atoms with E-state index in [-0.39, 0.29) is 11.6 Å². The van der Waals surface area contributed by atoms with Gasteiger partial charge in [-0.3, -0.25) is 4.79 Å². The smallest absolute Gasteiger partial charge is 0.330 e. The molecule has 0 radical (unpaired) electrons. The van der Waals surface area contributed by atoms with Gasteiger partial charge in [0.2, 0.25) is 0 Å². The lowest BCUT2D eigenvalue weighted by Crippen LogP contribution is -2.46. The van der Waals surface area contributed by atoms with Crippen molar-refractivity contribution in [3.05, 3.63) is 12.7 Å². The largest absolute Gasteiger partial charge is 0.462 e. The molecule has 136 valence electrons. The molecule has 0 aromatic carbocycles. The van der Waals surface area contributed by atoms with Gasteiger partial charge in [-0.1, -0.05) is 6.58 Å². The van der Waals surface area contributed by atoms with Crippen LogP contribution in [0, 0.1) is 0 Å². The molecular weight excluding hydrogens is 296 g/mol. The Labute approximate surface area is 141 Å². The van der Waals surface area contributed by atoms with E-state index in [2.05, 4.69) is 28.9 Å². The Morgan fingerprint density at radius 1 is 1.13 bits per heavy atom. The molecule has 0 aromatic heterocycles. The highest BCUT2D eigenvalue weighted by Crippen LogP contribution is 2.06. The lowest BCUT2D eigenvalue weighted by Gasteiger charge is -2.19. The average molecular weight is 330 g/mol. The van der Waals surface area contributed by atoms with E-state index < -0.39 is 5.60 Å². The molecule has 0 amide bonds. The molecule has 0 bridgehead atoms. The molecule has 6 nitrogen and oxygen atoms in total. The first-order chi connectivity index (χ1) is 10.4. The Bertz CT molecular complexity index is 337. The van der Waals surface area contributed by atoms with Gasteiger partial charge in [-0.05, 0) is 48.5 Å². The van der Waals surface area contributed by atoms with Crippen LogP contribution in [0.15, 0.2) is 12.7 Å². The maximum absolute atomic E-state index is 10.5. The number of hydrogen-bond acceptors (Lipinski definition) is 6. The number of hydrogen-bond donors (Lipinski definition) is 2. The van der Waals surface area contributed by atoms with Gasteiger partial charge in [0.05, 0.1) is 0 Å². The van der Waals surface area contributed by atoms with Crippen LogP contribution in [0.5, 0.6) is 0 Å². The molecule has 1 heterocycles. The zero-order valence-corrected chi connectivity index (χ0v) is 15.7. The highest BCUT2D eigenvalue weighted by molar-refractivity contribution is 5.81. The Morgan fingerprint density at radius 2 is 1.70 bits per heavy atom. The molecule has 1 aliphatic heterocycles. The second-order valence-electron chi connectivity index (χ2n) is 7.12. The van der Waals surface area contributed by atoms with Crippen molar-refractivity contribution in [3.63, 3.8) is 0 Å². The van der Waals surface area contributed by atoms with Crippen molar-refractivity contribution in [2.45, 2.75) is 65.7 Å². The van der Waals surface area contributed by atoms with Crippen LogP contribution in [-0.4, -0.2) is 49.3 Å². The monoisotopic (exact) mass is 330 g/mol. The number of rotatable bonds is 2. The molecule has 23 heavy (non-hydrogen) atoms. The summed E-state index contributed by atoms with van der Waals surface area (Å²) in [5.74, 6) is -0.373. The second kappa shape index (κ2) is 12.1. The van der Waals surface area contributed by atoms with Gasteiger partial charge in [0.1, 0.15) is 11.2 Å². The molecule has 1 atom stereocenters. The fourth-order valence-electron chi connectivity index (χ4n) is 1.29. The topological polar surface area (TPSA) is 76.7 Å². The van der Waals surface area contributed by atoms with Gasteiger partial charge < -0.3 is 20.1 Å². The van der Waals surface area contributed by atoms with Gasteiger partial charge >= 0.3 is 5.97 Å². The van der Waals surface area contributed by atoms with Crippen molar-refractivity contribution < 1.29 is 19.1 Å². The van der Waals surface area contributed by atoms with Gasteiger partial charge in [-0.15, -0.1) is 0 Å². The van der Waals surface area contributed by atoms with Gasteiger partial charge in [-0.2, -0.15) is 0 Å². The number of nitrogens with one attached hydrogen (secondary N) is 2. The van der Waals surface area contributed by atoms with Crippen LogP contribution < -0.4 is 10.6 Å². The molecule has 1 saturated heterocycles. The quantitative estimate of drug-likeness (QED) is 0.458. The van der Waals surface area contributed by atoms with Gasteiger partial charge in [0, 0.05) is 31.8 Å². The van der Waals surface area contributed by atoms with Crippen molar-refractivity contribution in [1.29, 1.82) is 0 Å². The maximum atomic E-state index is 10.5. The molecule has 0 spiro atoms. The van der Waals surface area contributed by atoms with E-state index in [0.29, 0.717) is 12.5 Å². The van der Waals surface area contributed by atoms with Crippen LogP contribution in [0.3, 0.4) is 0 Å². The number of carbonyl (C=O) groups is 2. The summed E-state index contributed by atoms with van der Waals surface area (Å²) < 4.78 is 9.38. The van der Waals surface area contributed by atoms with Gasteiger partial charge in [-0.25, -0.2) is 4.79 Å². The molecule has 1 unspecified atom stereocenters. The average Bonchev–Trinajstić information content (AvgIpc) is 2.37.